The average molecular weight is 447 g/mol. The lowest BCUT2D eigenvalue weighted by molar-refractivity contribution is 0.102. The molecule has 3 N–H and O–H groups in total. The molecule has 7 nitrogen and oxygen atoms in total. The number of ether oxygens (including phenoxy) is 1. The van der Waals surface area contributed by atoms with E-state index in [2.05, 4.69) is 41.4 Å². The second-order valence-electron chi connectivity index (χ2n) is 5.67. The highest BCUT2D eigenvalue weighted by molar-refractivity contribution is 9.10. The summed E-state index contributed by atoms with van der Waals surface area (Å²) in [5.74, 6) is 1.12. The van der Waals surface area contributed by atoms with Crippen LogP contribution >= 0.6 is 27.5 Å². The molecule has 0 spiro atoms. The molecule has 0 aliphatic carbocycles. The van der Waals surface area contributed by atoms with E-state index in [1.165, 1.54) is 13.2 Å². The fourth-order valence-electron chi connectivity index (χ4n) is 2.63. The molecular weight excluding hydrogens is 434 g/mol. The lowest BCUT2D eigenvalue weighted by Gasteiger charge is -2.06. The molecule has 4 aromatic rings. The number of carbonyl (C=O) groups excluding carboxylic acids is 1. The fraction of sp³-hybridized carbons (Fsp3) is 0.0556. The van der Waals surface area contributed by atoms with Crippen LogP contribution in [-0.4, -0.2) is 33.2 Å². The molecule has 0 saturated heterocycles. The van der Waals surface area contributed by atoms with Crippen molar-refractivity contribution >= 4 is 50.3 Å². The number of H-pyrrole nitrogens is 2. The first-order valence-corrected chi connectivity index (χ1v) is 9.08. The molecule has 2 heterocycles. The van der Waals surface area contributed by atoms with Crippen molar-refractivity contribution in [2.24, 2.45) is 0 Å². The van der Waals surface area contributed by atoms with Gasteiger partial charge < -0.3 is 15.0 Å². The van der Waals surface area contributed by atoms with Crippen molar-refractivity contribution in [2.45, 2.75) is 0 Å². The highest BCUT2D eigenvalue weighted by atomic mass is 79.9. The van der Waals surface area contributed by atoms with Crippen LogP contribution in [0, 0.1) is 0 Å². The van der Waals surface area contributed by atoms with E-state index < -0.39 is 0 Å². The maximum Gasteiger partial charge on any atom is 0.256 e. The number of anilines is 1. The van der Waals surface area contributed by atoms with Gasteiger partial charge in [0.25, 0.3) is 5.91 Å². The zero-order chi connectivity index (χ0) is 19.0. The Bertz CT molecular complexity index is 1120. The van der Waals surface area contributed by atoms with Gasteiger partial charge >= 0.3 is 0 Å². The number of para-hydroxylation sites is 2. The first-order valence-electron chi connectivity index (χ1n) is 7.90. The van der Waals surface area contributed by atoms with Crippen LogP contribution in [0.4, 0.5) is 5.82 Å². The van der Waals surface area contributed by atoms with Crippen LogP contribution in [0.5, 0.6) is 5.75 Å². The van der Waals surface area contributed by atoms with Crippen LogP contribution < -0.4 is 10.1 Å². The summed E-state index contributed by atoms with van der Waals surface area (Å²) >= 11 is 9.55. The molecule has 0 radical (unpaired) electrons. The lowest BCUT2D eigenvalue weighted by atomic mass is 10.2. The predicted octanol–water partition coefficient (Wildman–Crippen LogP) is 4.63. The fourth-order valence-corrected chi connectivity index (χ4v) is 3.35. The monoisotopic (exact) mass is 445 g/mol. The van der Waals surface area contributed by atoms with Crippen LogP contribution in [0.1, 0.15) is 10.4 Å². The third kappa shape index (κ3) is 3.29. The topological polar surface area (TPSA) is 95.7 Å². The summed E-state index contributed by atoms with van der Waals surface area (Å²) in [5, 5.41) is 10.2. The first kappa shape index (κ1) is 17.6. The standard InChI is InChI=1S/C18H13BrClN5O2/c1-27-13-7-6-9(8-10(13)20)18(26)23-16-14(19)15(24-25-16)17-21-11-4-2-3-5-12(11)22-17/h2-8H,1H3,(H,21,22)(H2,23,24,25,26). The third-order valence-corrected chi connectivity index (χ3v) is 5.05. The first-order chi connectivity index (χ1) is 13.1. The number of nitrogens with zero attached hydrogens (tertiary/aromatic N) is 2. The lowest BCUT2D eigenvalue weighted by Crippen LogP contribution is -2.12. The van der Waals surface area contributed by atoms with E-state index in [9.17, 15) is 4.79 Å². The van der Waals surface area contributed by atoms with Gasteiger partial charge in [0.1, 0.15) is 11.4 Å². The molecule has 0 atom stereocenters. The Morgan fingerprint density at radius 1 is 1.26 bits per heavy atom. The molecule has 4 rings (SSSR count). The molecule has 0 aliphatic rings. The summed E-state index contributed by atoms with van der Waals surface area (Å²) in [6.07, 6.45) is 0. The van der Waals surface area contributed by atoms with Crippen molar-refractivity contribution in [1.82, 2.24) is 20.2 Å². The second kappa shape index (κ2) is 7.05. The van der Waals surface area contributed by atoms with Crippen molar-refractivity contribution in [1.29, 1.82) is 0 Å². The minimum atomic E-state index is -0.345. The van der Waals surface area contributed by atoms with Crippen LogP contribution in [-0.2, 0) is 0 Å². The summed E-state index contributed by atoms with van der Waals surface area (Å²) in [5.41, 5.74) is 2.77. The summed E-state index contributed by atoms with van der Waals surface area (Å²) in [4.78, 5) is 20.2. The minimum Gasteiger partial charge on any atom is -0.495 e. The van der Waals surface area contributed by atoms with Crippen LogP contribution in [0.2, 0.25) is 5.02 Å². The Morgan fingerprint density at radius 3 is 2.81 bits per heavy atom. The van der Waals surface area contributed by atoms with E-state index in [-0.39, 0.29) is 5.91 Å². The summed E-state index contributed by atoms with van der Waals surface area (Å²) in [6, 6.07) is 12.5. The molecule has 0 bridgehead atoms. The highest BCUT2D eigenvalue weighted by Gasteiger charge is 2.18. The third-order valence-electron chi connectivity index (χ3n) is 3.98. The number of benzene rings is 2. The van der Waals surface area contributed by atoms with Crippen molar-refractivity contribution in [2.75, 3.05) is 12.4 Å². The van der Waals surface area contributed by atoms with Crippen molar-refractivity contribution in [3.05, 3.63) is 57.5 Å². The van der Waals surface area contributed by atoms with Gasteiger partial charge in [0.2, 0.25) is 0 Å². The quantitative estimate of drug-likeness (QED) is 0.426. The number of nitrogens with one attached hydrogen (secondary N) is 3. The van der Waals surface area contributed by atoms with E-state index in [1.54, 1.807) is 12.1 Å². The normalized spacial score (nSPS) is 10.9. The average Bonchev–Trinajstić information content (AvgIpc) is 3.25. The Kier molecular flexibility index (Phi) is 4.59. The van der Waals surface area contributed by atoms with Gasteiger partial charge in [-0.2, -0.15) is 5.10 Å². The van der Waals surface area contributed by atoms with E-state index in [0.717, 1.165) is 11.0 Å². The number of methoxy groups -OCH3 is 1. The molecule has 2 aromatic carbocycles. The number of hydrogen-bond acceptors (Lipinski definition) is 4. The van der Waals surface area contributed by atoms with Crippen LogP contribution in [0.25, 0.3) is 22.6 Å². The van der Waals surface area contributed by atoms with Crippen molar-refractivity contribution in [3.63, 3.8) is 0 Å². The van der Waals surface area contributed by atoms with Crippen LogP contribution in [0.15, 0.2) is 46.9 Å². The number of carbonyl (C=O) groups is 1. The van der Waals surface area contributed by atoms with E-state index in [0.29, 0.717) is 38.1 Å². The minimum absolute atomic E-state index is 0.345. The molecule has 0 saturated carbocycles. The number of amides is 1. The molecule has 0 unspecified atom stereocenters. The number of fused-ring (bicyclic) bond motifs is 1. The van der Waals surface area contributed by atoms with Gasteiger partial charge in [0.15, 0.2) is 11.6 Å². The second-order valence-corrected chi connectivity index (χ2v) is 6.87. The van der Waals surface area contributed by atoms with Gasteiger partial charge in [-0.25, -0.2) is 4.98 Å². The maximum absolute atomic E-state index is 12.5. The number of halogens is 2. The Labute approximate surface area is 167 Å². The number of imidazole rings is 1. The van der Waals surface area contributed by atoms with Gasteiger partial charge in [-0.05, 0) is 46.3 Å². The maximum atomic E-state index is 12.5. The Balaban J connectivity index is 1.60. The number of aromatic nitrogens is 4. The Hall–Kier alpha value is -2.84. The molecule has 136 valence electrons. The Morgan fingerprint density at radius 2 is 2.07 bits per heavy atom. The predicted molar refractivity (Wildman–Crippen MR) is 107 cm³/mol. The summed E-state index contributed by atoms with van der Waals surface area (Å²) < 4.78 is 5.69. The number of rotatable bonds is 4. The zero-order valence-electron chi connectivity index (χ0n) is 14.0. The molecule has 9 heteroatoms. The van der Waals surface area contributed by atoms with E-state index in [1.807, 2.05) is 24.3 Å². The molecule has 0 fully saturated rings. The summed E-state index contributed by atoms with van der Waals surface area (Å²) in [7, 11) is 1.52. The van der Waals surface area contributed by atoms with Gasteiger partial charge in [-0.15, -0.1) is 0 Å². The van der Waals surface area contributed by atoms with E-state index >= 15 is 0 Å². The number of aromatic amines is 2. The molecule has 27 heavy (non-hydrogen) atoms. The summed E-state index contributed by atoms with van der Waals surface area (Å²) in [6.45, 7) is 0. The SMILES string of the molecule is COc1ccc(C(=O)Nc2n[nH]c(-c3nc4ccccc4[nH]3)c2Br)cc1Cl. The molecule has 1 amide bonds. The van der Waals surface area contributed by atoms with Crippen molar-refractivity contribution in [3.8, 4) is 17.3 Å². The molecule has 0 aliphatic heterocycles. The largest absolute Gasteiger partial charge is 0.495 e. The van der Waals surface area contributed by atoms with Gasteiger partial charge in [0.05, 0.1) is 27.6 Å². The van der Waals surface area contributed by atoms with Crippen LogP contribution in [0.3, 0.4) is 0 Å². The van der Waals surface area contributed by atoms with Crippen molar-refractivity contribution < 1.29 is 9.53 Å². The van der Waals surface area contributed by atoms with Gasteiger partial charge in [-0.3, -0.25) is 9.89 Å². The zero-order valence-corrected chi connectivity index (χ0v) is 16.4. The molecular formula is C18H13BrClN5O2. The molecule has 2 aromatic heterocycles. The van der Waals surface area contributed by atoms with Gasteiger partial charge in [0, 0.05) is 5.56 Å². The smallest absolute Gasteiger partial charge is 0.256 e. The highest BCUT2D eigenvalue weighted by Crippen LogP contribution is 2.32. The van der Waals surface area contributed by atoms with E-state index in [4.69, 9.17) is 16.3 Å². The number of hydrogen-bond donors (Lipinski definition) is 3. The van der Waals surface area contributed by atoms with Gasteiger partial charge in [-0.1, -0.05) is 23.7 Å².